The highest BCUT2D eigenvalue weighted by Gasteiger charge is 2.08. The van der Waals surface area contributed by atoms with Crippen molar-refractivity contribution in [2.45, 2.75) is 27.3 Å². The summed E-state index contributed by atoms with van der Waals surface area (Å²) in [5.74, 6) is -0.0353. The Labute approximate surface area is 77.3 Å². The second kappa shape index (κ2) is 3.98. The quantitative estimate of drug-likeness (QED) is 0.521. The molecule has 0 spiro atoms. The normalized spacial score (nSPS) is 9.77. The van der Waals surface area contributed by atoms with Crippen LogP contribution in [0, 0.1) is 0 Å². The van der Waals surface area contributed by atoms with Gasteiger partial charge in [0.2, 0.25) is 5.78 Å². The van der Waals surface area contributed by atoms with E-state index in [1.807, 2.05) is 20.8 Å². The predicted octanol–water partition coefficient (Wildman–Crippen LogP) is 1.45. The highest BCUT2D eigenvalue weighted by Crippen LogP contribution is 2.01. The summed E-state index contributed by atoms with van der Waals surface area (Å²) in [7, 11) is 0. The largest absolute Gasteiger partial charge is 0.287 e. The van der Waals surface area contributed by atoms with E-state index in [4.69, 9.17) is 0 Å². The average molecular weight is 179 g/mol. The lowest BCUT2D eigenvalue weighted by Gasteiger charge is -1.98. The standard InChI is InChI=1S/C9H13N3O/c1-4-12-8(6-10-11-12)9(13)5-7(2)3/h5-6H,4H2,1-3H3. The van der Waals surface area contributed by atoms with E-state index < -0.39 is 0 Å². The van der Waals surface area contributed by atoms with Crippen molar-refractivity contribution in [1.82, 2.24) is 15.0 Å². The molecular formula is C9H13N3O. The molecule has 0 unspecified atom stereocenters. The van der Waals surface area contributed by atoms with Crippen LogP contribution in [0.15, 0.2) is 17.8 Å². The van der Waals surface area contributed by atoms with Crippen LogP contribution in [-0.2, 0) is 6.54 Å². The Bertz CT molecular complexity index is 334. The average Bonchev–Trinajstić information content (AvgIpc) is 2.49. The maximum atomic E-state index is 11.5. The van der Waals surface area contributed by atoms with E-state index in [1.54, 1.807) is 10.8 Å². The number of ketones is 1. The summed E-state index contributed by atoms with van der Waals surface area (Å²) in [5, 5.41) is 7.46. The van der Waals surface area contributed by atoms with Crippen LogP contribution < -0.4 is 0 Å². The van der Waals surface area contributed by atoms with Crippen LogP contribution in [-0.4, -0.2) is 20.8 Å². The maximum absolute atomic E-state index is 11.5. The molecule has 70 valence electrons. The Kier molecular flexibility index (Phi) is 2.95. The number of hydrogen-bond acceptors (Lipinski definition) is 3. The summed E-state index contributed by atoms with van der Waals surface area (Å²) < 4.78 is 1.59. The summed E-state index contributed by atoms with van der Waals surface area (Å²) in [4.78, 5) is 11.5. The molecule has 1 rings (SSSR count). The molecule has 1 aromatic rings. The molecule has 0 aromatic carbocycles. The maximum Gasteiger partial charge on any atom is 0.205 e. The van der Waals surface area contributed by atoms with Gasteiger partial charge in [-0.2, -0.15) is 0 Å². The molecule has 0 aliphatic carbocycles. The fourth-order valence-corrected chi connectivity index (χ4v) is 1.02. The first-order chi connectivity index (χ1) is 6.15. The molecule has 0 bridgehead atoms. The van der Waals surface area contributed by atoms with Crippen LogP contribution in [0.3, 0.4) is 0 Å². The molecule has 0 amide bonds. The summed E-state index contributed by atoms with van der Waals surface area (Å²) in [6, 6.07) is 0. The first-order valence-electron chi connectivity index (χ1n) is 4.23. The molecule has 4 nitrogen and oxygen atoms in total. The van der Waals surface area contributed by atoms with Gasteiger partial charge in [0.05, 0.1) is 6.20 Å². The van der Waals surface area contributed by atoms with Crippen molar-refractivity contribution in [3.05, 3.63) is 23.5 Å². The zero-order chi connectivity index (χ0) is 9.84. The molecule has 0 N–H and O–H groups in total. The fraction of sp³-hybridized carbons (Fsp3) is 0.444. The second-order valence-corrected chi connectivity index (χ2v) is 3.02. The third-order valence-corrected chi connectivity index (χ3v) is 1.59. The lowest BCUT2D eigenvalue weighted by Crippen LogP contribution is -2.07. The Morgan fingerprint density at radius 2 is 2.31 bits per heavy atom. The van der Waals surface area contributed by atoms with Gasteiger partial charge in [0.1, 0.15) is 5.69 Å². The Hall–Kier alpha value is -1.45. The van der Waals surface area contributed by atoms with Crippen LogP contribution in [0.25, 0.3) is 0 Å². The van der Waals surface area contributed by atoms with Gasteiger partial charge >= 0.3 is 0 Å². The van der Waals surface area contributed by atoms with E-state index in [0.717, 1.165) is 5.57 Å². The number of aryl methyl sites for hydroxylation is 1. The monoisotopic (exact) mass is 179 g/mol. The van der Waals surface area contributed by atoms with Gasteiger partial charge in [-0.15, -0.1) is 5.10 Å². The zero-order valence-electron chi connectivity index (χ0n) is 8.11. The second-order valence-electron chi connectivity index (χ2n) is 3.02. The molecule has 0 saturated carbocycles. The van der Waals surface area contributed by atoms with Crippen molar-refractivity contribution in [3.63, 3.8) is 0 Å². The van der Waals surface area contributed by atoms with E-state index in [2.05, 4.69) is 10.3 Å². The number of carbonyl (C=O) groups is 1. The summed E-state index contributed by atoms with van der Waals surface area (Å²) in [5.41, 5.74) is 1.53. The number of carbonyl (C=O) groups excluding carboxylic acids is 1. The molecule has 0 atom stereocenters. The molecule has 0 radical (unpaired) electrons. The van der Waals surface area contributed by atoms with Crippen LogP contribution in [0.2, 0.25) is 0 Å². The predicted molar refractivity (Wildman–Crippen MR) is 49.5 cm³/mol. The minimum absolute atomic E-state index is 0.0353. The van der Waals surface area contributed by atoms with Crippen molar-refractivity contribution in [1.29, 1.82) is 0 Å². The Morgan fingerprint density at radius 3 is 2.85 bits per heavy atom. The number of rotatable bonds is 3. The Balaban J connectivity index is 2.95. The molecular weight excluding hydrogens is 166 g/mol. The van der Waals surface area contributed by atoms with Gasteiger partial charge < -0.3 is 0 Å². The van der Waals surface area contributed by atoms with Gasteiger partial charge in [-0.05, 0) is 26.8 Å². The lowest BCUT2D eigenvalue weighted by molar-refractivity contribution is 0.103. The molecule has 0 fully saturated rings. The zero-order valence-corrected chi connectivity index (χ0v) is 8.11. The van der Waals surface area contributed by atoms with Crippen LogP contribution >= 0.6 is 0 Å². The summed E-state index contributed by atoms with van der Waals surface area (Å²) in [6.45, 7) is 6.36. The lowest BCUT2D eigenvalue weighted by atomic mass is 10.2. The summed E-state index contributed by atoms with van der Waals surface area (Å²) >= 11 is 0. The number of allylic oxidation sites excluding steroid dienone is 2. The first kappa shape index (κ1) is 9.64. The van der Waals surface area contributed by atoms with Gasteiger partial charge in [-0.3, -0.25) is 4.79 Å². The third kappa shape index (κ3) is 2.24. The van der Waals surface area contributed by atoms with E-state index in [0.29, 0.717) is 12.2 Å². The number of nitrogens with zero attached hydrogens (tertiary/aromatic N) is 3. The van der Waals surface area contributed by atoms with E-state index in [9.17, 15) is 4.79 Å². The highest BCUT2D eigenvalue weighted by atomic mass is 16.1. The molecule has 0 aliphatic heterocycles. The van der Waals surface area contributed by atoms with Gasteiger partial charge in [-0.1, -0.05) is 10.8 Å². The number of aromatic nitrogens is 3. The molecule has 13 heavy (non-hydrogen) atoms. The smallest absolute Gasteiger partial charge is 0.205 e. The molecule has 1 heterocycles. The molecule has 0 saturated heterocycles. The SMILES string of the molecule is CCn1nncc1C(=O)C=C(C)C. The van der Waals surface area contributed by atoms with E-state index >= 15 is 0 Å². The topological polar surface area (TPSA) is 47.8 Å². The van der Waals surface area contributed by atoms with Crippen molar-refractivity contribution < 1.29 is 4.79 Å². The van der Waals surface area contributed by atoms with Gasteiger partial charge in [0.25, 0.3) is 0 Å². The minimum Gasteiger partial charge on any atom is -0.287 e. The van der Waals surface area contributed by atoms with Crippen molar-refractivity contribution in [3.8, 4) is 0 Å². The van der Waals surface area contributed by atoms with Gasteiger partial charge in [0, 0.05) is 6.54 Å². The van der Waals surface area contributed by atoms with Crippen molar-refractivity contribution >= 4 is 5.78 Å². The van der Waals surface area contributed by atoms with E-state index in [1.165, 1.54) is 6.20 Å². The molecule has 4 heteroatoms. The third-order valence-electron chi connectivity index (χ3n) is 1.59. The molecule has 1 aromatic heterocycles. The van der Waals surface area contributed by atoms with Crippen LogP contribution in [0.1, 0.15) is 31.3 Å². The van der Waals surface area contributed by atoms with Crippen LogP contribution in [0.5, 0.6) is 0 Å². The van der Waals surface area contributed by atoms with Gasteiger partial charge in [0.15, 0.2) is 0 Å². The van der Waals surface area contributed by atoms with E-state index in [-0.39, 0.29) is 5.78 Å². The van der Waals surface area contributed by atoms with Gasteiger partial charge in [-0.25, -0.2) is 4.68 Å². The Morgan fingerprint density at radius 1 is 1.62 bits per heavy atom. The highest BCUT2D eigenvalue weighted by molar-refractivity contribution is 6.03. The minimum atomic E-state index is -0.0353. The first-order valence-corrected chi connectivity index (χ1v) is 4.23. The van der Waals surface area contributed by atoms with Crippen molar-refractivity contribution in [2.75, 3.05) is 0 Å². The van der Waals surface area contributed by atoms with Crippen molar-refractivity contribution in [2.24, 2.45) is 0 Å². The summed E-state index contributed by atoms with van der Waals surface area (Å²) in [6.07, 6.45) is 3.08. The molecule has 0 aliphatic rings. The fourth-order valence-electron chi connectivity index (χ4n) is 1.02. The number of hydrogen-bond donors (Lipinski definition) is 0. The van der Waals surface area contributed by atoms with Crippen LogP contribution in [0.4, 0.5) is 0 Å².